The molecule has 0 amide bonds. The molecule has 4 aromatic rings. The first-order chi connectivity index (χ1) is 15.3. The third-order valence-electron chi connectivity index (χ3n) is 5.18. The van der Waals surface area contributed by atoms with Crippen LogP contribution in [0.15, 0.2) is 84.9 Å². The van der Waals surface area contributed by atoms with E-state index < -0.39 is 0 Å². The van der Waals surface area contributed by atoms with Gasteiger partial charge in [0, 0.05) is 0 Å². The van der Waals surface area contributed by atoms with Crippen LogP contribution in [0.5, 0.6) is 11.5 Å². The normalized spacial score (nSPS) is 12.6. The standard InChI is InChI=1S/C28H22N2O/c1-2-7-27(8-3-1)31-28-17-12-21(13-18-28)10-15-25-20-26(30-29-25)16-11-22-9-14-23-5-4-6-24(23)19-22/h1-5,7-20H,6H2,(H,29,30)/b15-10+,16-11+. The Bertz CT molecular complexity index is 1260. The van der Waals surface area contributed by atoms with Crippen LogP contribution < -0.4 is 4.74 Å². The topological polar surface area (TPSA) is 37.9 Å². The highest BCUT2D eigenvalue weighted by atomic mass is 16.5. The maximum absolute atomic E-state index is 5.84. The predicted molar refractivity (Wildman–Crippen MR) is 129 cm³/mol. The molecule has 3 nitrogen and oxygen atoms in total. The van der Waals surface area contributed by atoms with Crippen molar-refractivity contribution in [2.75, 3.05) is 0 Å². The van der Waals surface area contributed by atoms with Gasteiger partial charge in [-0.25, -0.2) is 0 Å². The van der Waals surface area contributed by atoms with Crippen LogP contribution in [0.3, 0.4) is 0 Å². The summed E-state index contributed by atoms with van der Waals surface area (Å²) >= 11 is 0. The van der Waals surface area contributed by atoms with E-state index in [1.54, 1.807) is 0 Å². The number of para-hydroxylation sites is 1. The van der Waals surface area contributed by atoms with Crippen LogP contribution in [-0.2, 0) is 6.42 Å². The summed E-state index contributed by atoms with van der Waals surface area (Å²) in [5, 5.41) is 7.46. The first-order valence-corrected chi connectivity index (χ1v) is 10.4. The lowest BCUT2D eigenvalue weighted by Gasteiger charge is -2.05. The average molecular weight is 402 g/mol. The highest BCUT2D eigenvalue weighted by molar-refractivity contribution is 5.73. The number of ether oxygens (including phenoxy) is 1. The Morgan fingerprint density at radius 3 is 2.39 bits per heavy atom. The molecule has 0 fully saturated rings. The SMILES string of the molecule is C1=Cc2ccc(/C=C/c3cc(/C=C/c4ccc(Oc5ccccc5)cc4)[nH]n3)cc2C1. The van der Waals surface area contributed by atoms with Gasteiger partial charge in [-0.1, -0.05) is 72.8 Å². The lowest BCUT2D eigenvalue weighted by atomic mass is 10.1. The van der Waals surface area contributed by atoms with Crippen molar-refractivity contribution < 1.29 is 4.74 Å². The van der Waals surface area contributed by atoms with Gasteiger partial charge in [-0.15, -0.1) is 0 Å². The van der Waals surface area contributed by atoms with Crippen molar-refractivity contribution in [3.63, 3.8) is 0 Å². The van der Waals surface area contributed by atoms with E-state index in [-0.39, 0.29) is 0 Å². The molecule has 1 heterocycles. The molecule has 1 aromatic heterocycles. The van der Waals surface area contributed by atoms with E-state index in [2.05, 4.69) is 52.7 Å². The van der Waals surface area contributed by atoms with Crippen LogP contribution in [0.4, 0.5) is 0 Å². The van der Waals surface area contributed by atoms with Crippen molar-refractivity contribution in [1.82, 2.24) is 10.2 Å². The number of rotatable bonds is 6. The van der Waals surface area contributed by atoms with E-state index in [4.69, 9.17) is 4.74 Å². The number of nitrogens with zero attached hydrogens (tertiary/aromatic N) is 1. The summed E-state index contributed by atoms with van der Waals surface area (Å²) in [4.78, 5) is 0. The first-order valence-electron chi connectivity index (χ1n) is 10.4. The number of aromatic amines is 1. The van der Waals surface area contributed by atoms with Gasteiger partial charge in [0.2, 0.25) is 0 Å². The lowest BCUT2D eigenvalue weighted by Crippen LogP contribution is -1.83. The van der Waals surface area contributed by atoms with E-state index in [1.807, 2.05) is 72.8 Å². The molecule has 1 aliphatic rings. The number of nitrogens with one attached hydrogen (secondary N) is 1. The molecular weight excluding hydrogens is 380 g/mol. The Morgan fingerprint density at radius 2 is 1.52 bits per heavy atom. The number of allylic oxidation sites excluding steroid dienone is 1. The molecule has 3 aromatic carbocycles. The zero-order chi connectivity index (χ0) is 20.9. The van der Waals surface area contributed by atoms with Crippen LogP contribution in [0, 0.1) is 0 Å². The molecule has 0 bridgehead atoms. The smallest absolute Gasteiger partial charge is 0.127 e. The fourth-order valence-electron chi connectivity index (χ4n) is 3.54. The van der Waals surface area contributed by atoms with Gasteiger partial charge in [0.25, 0.3) is 0 Å². The van der Waals surface area contributed by atoms with Gasteiger partial charge in [-0.05, 0) is 71.2 Å². The van der Waals surface area contributed by atoms with Crippen LogP contribution >= 0.6 is 0 Å². The minimum absolute atomic E-state index is 0.819. The largest absolute Gasteiger partial charge is 0.457 e. The molecule has 0 unspecified atom stereocenters. The third kappa shape index (κ3) is 4.73. The Morgan fingerprint density at radius 1 is 0.742 bits per heavy atom. The maximum atomic E-state index is 5.84. The monoisotopic (exact) mass is 402 g/mol. The van der Waals surface area contributed by atoms with Crippen LogP contribution in [0.25, 0.3) is 30.4 Å². The summed E-state index contributed by atoms with van der Waals surface area (Å²) in [7, 11) is 0. The third-order valence-corrected chi connectivity index (χ3v) is 5.18. The molecule has 0 spiro atoms. The van der Waals surface area contributed by atoms with Gasteiger partial charge in [0.15, 0.2) is 0 Å². The Labute approximate surface area is 182 Å². The van der Waals surface area contributed by atoms with E-state index >= 15 is 0 Å². The number of hydrogen-bond acceptors (Lipinski definition) is 2. The van der Waals surface area contributed by atoms with Crippen molar-refractivity contribution in [2.45, 2.75) is 6.42 Å². The molecule has 0 saturated carbocycles. The molecule has 3 heteroatoms. The molecule has 0 atom stereocenters. The maximum Gasteiger partial charge on any atom is 0.127 e. The second-order valence-electron chi connectivity index (χ2n) is 7.46. The van der Waals surface area contributed by atoms with E-state index in [0.29, 0.717) is 0 Å². The molecule has 0 radical (unpaired) electrons. The Kier molecular flexibility index (Phi) is 5.31. The van der Waals surface area contributed by atoms with Gasteiger partial charge in [0.1, 0.15) is 11.5 Å². The van der Waals surface area contributed by atoms with Crippen molar-refractivity contribution in [3.8, 4) is 11.5 Å². The lowest BCUT2D eigenvalue weighted by molar-refractivity contribution is 0.482. The minimum atomic E-state index is 0.819. The van der Waals surface area contributed by atoms with Gasteiger partial charge in [0.05, 0.1) is 11.4 Å². The van der Waals surface area contributed by atoms with E-state index in [0.717, 1.165) is 34.9 Å². The summed E-state index contributed by atoms with van der Waals surface area (Å²) in [6.45, 7) is 0. The van der Waals surface area contributed by atoms with Gasteiger partial charge >= 0.3 is 0 Å². The van der Waals surface area contributed by atoms with Crippen molar-refractivity contribution >= 4 is 30.4 Å². The first kappa shape index (κ1) is 18.9. The number of H-pyrrole nitrogens is 1. The zero-order valence-electron chi connectivity index (χ0n) is 17.0. The van der Waals surface area contributed by atoms with Crippen molar-refractivity contribution in [1.29, 1.82) is 0 Å². The fourth-order valence-corrected chi connectivity index (χ4v) is 3.54. The van der Waals surface area contributed by atoms with Gasteiger partial charge in [-0.3, -0.25) is 5.10 Å². The van der Waals surface area contributed by atoms with Gasteiger partial charge in [-0.2, -0.15) is 5.10 Å². The Balaban J connectivity index is 1.21. The fraction of sp³-hybridized carbons (Fsp3) is 0.0357. The summed E-state index contributed by atoms with van der Waals surface area (Å²) in [6, 6.07) is 26.4. The second kappa shape index (κ2) is 8.72. The van der Waals surface area contributed by atoms with Crippen LogP contribution in [-0.4, -0.2) is 10.2 Å². The molecule has 150 valence electrons. The summed E-state index contributed by atoms with van der Waals surface area (Å²) < 4.78 is 5.84. The molecular formula is C28H22N2O. The molecule has 31 heavy (non-hydrogen) atoms. The number of fused-ring (bicyclic) bond motifs is 1. The quantitative estimate of drug-likeness (QED) is 0.373. The van der Waals surface area contributed by atoms with Crippen molar-refractivity contribution in [2.24, 2.45) is 0 Å². The number of benzene rings is 3. The van der Waals surface area contributed by atoms with Gasteiger partial charge < -0.3 is 4.74 Å². The molecule has 0 saturated heterocycles. The zero-order valence-corrected chi connectivity index (χ0v) is 17.0. The average Bonchev–Trinajstić information content (AvgIpc) is 3.47. The van der Waals surface area contributed by atoms with Crippen LogP contribution in [0.1, 0.15) is 33.6 Å². The van der Waals surface area contributed by atoms with Crippen LogP contribution in [0.2, 0.25) is 0 Å². The molecule has 1 aliphatic carbocycles. The highest BCUT2D eigenvalue weighted by Crippen LogP contribution is 2.23. The second-order valence-corrected chi connectivity index (χ2v) is 7.46. The van der Waals surface area contributed by atoms with E-state index in [1.165, 1.54) is 16.7 Å². The van der Waals surface area contributed by atoms with Crippen molar-refractivity contribution in [3.05, 3.63) is 119 Å². The highest BCUT2D eigenvalue weighted by Gasteiger charge is 2.04. The molecule has 5 rings (SSSR count). The van der Waals surface area contributed by atoms with E-state index in [9.17, 15) is 0 Å². The molecule has 0 aliphatic heterocycles. The Hall–Kier alpha value is -4.11. The number of hydrogen-bond donors (Lipinski definition) is 1. The summed E-state index contributed by atoms with van der Waals surface area (Å²) in [5.41, 5.74) is 6.86. The number of aromatic nitrogens is 2. The summed E-state index contributed by atoms with van der Waals surface area (Å²) in [6.07, 6.45) is 13.6. The summed E-state index contributed by atoms with van der Waals surface area (Å²) in [5.74, 6) is 1.65. The predicted octanol–water partition coefficient (Wildman–Crippen LogP) is 7.11. The molecule has 1 N–H and O–H groups in total. The minimum Gasteiger partial charge on any atom is -0.457 e.